The molecular weight excluding hydrogens is 328 g/mol. The molecule has 0 N–H and O–H groups in total. The largest absolute Gasteiger partial charge is 0.496 e. The standard InChI is InChI=1S/C21H32N2O3/c1-15-11-17(18(26-6)12-16(15)2)13-19(24)22-7-9-23(10-8-22)20(25)14-21(3,4)5/h11-12H,7-10,13-14H2,1-6H3. The zero-order chi connectivity index (χ0) is 19.5. The predicted octanol–water partition coefficient (Wildman–Crippen LogP) is 2.96. The van der Waals surface area contributed by atoms with E-state index in [2.05, 4.69) is 20.8 Å². The van der Waals surface area contributed by atoms with Gasteiger partial charge in [0, 0.05) is 38.2 Å². The molecular formula is C21H32N2O3. The van der Waals surface area contributed by atoms with Gasteiger partial charge in [-0.3, -0.25) is 9.59 Å². The number of hydrogen-bond acceptors (Lipinski definition) is 3. The molecule has 1 aliphatic rings. The van der Waals surface area contributed by atoms with Crippen LogP contribution >= 0.6 is 0 Å². The molecule has 0 unspecified atom stereocenters. The fourth-order valence-corrected chi connectivity index (χ4v) is 3.22. The number of aryl methyl sites for hydroxylation is 2. The zero-order valence-electron chi connectivity index (χ0n) is 17.0. The summed E-state index contributed by atoms with van der Waals surface area (Å²) >= 11 is 0. The average Bonchev–Trinajstić information content (AvgIpc) is 2.56. The van der Waals surface area contributed by atoms with Gasteiger partial charge in [-0.25, -0.2) is 0 Å². The number of rotatable bonds is 4. The molecule has 0 radical (unpaired) electrons. The second-order valence-electron chi connectivity index (χ2n) is 8.42. The maximum atomic E-state index is 12.7. The Hall–Kier alpha value is -2.04. The quantitative estimate of drug-likeness (QED) is 0.829. The summed E-state index contributed by atoms with van der Waals surface area (Å²) in [5.41, 5.74) is 3.23. The summed E-state index contributed by atoms with van der Waals surface area (Å²) in [5.74, 6) is 1.04. The number of carbonyl (C=O) groups is 2. The van der Waals surface area contributed by atoms with Crippen LogP contribution in [0, 0.1) is 19.3 Å². The van der Waals surface area contributed by atoms with Crippen LogP contribution in [0.2, 0.25) is 0 Å². The molecule has 1 heterocycles. The highest BCUT2D eigenvalue weighted by Crippen LogP contribution is 2.24. The fourth-order valence-electron chi connectivity index (χ4n) is 3.22. The van der Waals surface area contributed by atoms with E-state index >= 15 is 0 Å². The molecule has 1 fully saturated rings. The van der Waals surface area contributed by atoms with Gasteiger partial charge in [0.25, 0.3) is 0 Å². The fraction of sp³-hybridized carbons (Fsp3) is 0.619. The van der Waals surface area contributed by atoms with Crippen molar-refractivity contribution in [3.05, 3.63) is 28.8 Å². The highest BCUT2D eigenvalue weighted by atomic mass is 16.5. The van der Waals surface area contributed by atoms with E-state index in [0.29, 0.717) is 39.0 Å². The monoisotopic (exact) mass is 360 g/mol. The molecule has 1 aromatic rings. The number of hydrogen-bond donors (Lipinski definition) is 0. The third-order valence-corrected chi connectivity index (χ3v) is 4.91. The lowest BCUT2D eigenvalue weighted by molar-refractivity contribution is -0.140. The predicted molar refractivity (Wildman–Crippen MR) is 103 cm³/mol. The minimum Gasteiger partial charge on any atom is -0.496 e. The molecule has 0 atom stereocenters. The van der Waals surface area contributed by atoms with Crippen molar-refractivity contribution in [3.63, 3.8) is 0 Å². The summed E-state index contributed by atoms with van der Waals surface area (Å²) in [6, 6.07) is 4.02. The van der Waals surface area contributed by atoms with E-state index in [9.17, 15) is 9.59 Å². The minimum absolute atomic E-state index is 0.0100. The third-order valence-electron chi connectivity index (χ3n) is 4.91. The summed E-state index contributed by atoms with van der Waals surface area (Å²) in [6.07, 6.45) is 0.876. The van der Waals surface area contributed by atoms with E-state index in [4.69, 9.17) is 4.74 Å². The lowest BCUT2D eigenvalue weighted by atomic mass is 9.91. The molecule has 2 rings (SSSR count). The summed E-state index contributed by atoms with van der Waals surface area (Å²) in [6.45, 7) is 12.7. The van der Waals surface area contributed by atoms with Gasteiger partial charge in [-0.05, 0) is 36.5 Å². The van der Waals surface area contributed by atoms with Crippen LogP contribution in [-0.2, 0) is 16.0 Å². The Morgan fingerprint density at radius 3 is 1.96 bits per heavy atom. The van der Waals surface area contributed by atoms with Crippen molar-refractivity contribution in [2.75, 3.05) is 33.3 Å². The minimum atomic E-state index is -0.0100. The lowest BCUT2D eigenvalue weighted by Gasteiger charge is -2.36. The Labute approximate surface area is 157 Å². The summed E-state index contributed by atoms with van der Waals surface area (Å²) in [7, 11) is 1.64. The van der Waals surface area contributed by atoms with Gasteiger partial charge in [0.15, 0.2) is 0 Å². The van der Waals surface area contributed by atoms with Crippen molar-refractivity contribution in [2.24, 2.45) is 5.41 Å². The highest BCUT2D eigenvalue weighted by Gasteiger charge is 2.27. The summed E-state index contributed by atoms with van der Waals surface area (Å²) in [4.78, 5) is 28.8. The van der Waals surface area contributed by atoms with Crippen LogP contribution in [0.25, 0.3) is 0 Å². The van der Waals surface area contributed by atoms with Crippen molar-refractivity contribution in [1.29, 1.82) is 0 Å². The molecule has 2 amide bonds. The van der Waals surface area contributed by atoms with Crippen LogP contribution in [0.15, 0.2) is 12.1 Å². The van der Waals surface area contributed by atoms with Gasteiger partial charge < -0.3 is 14.5 Å². The van der Waals surface area contributed by atoms with E-state index in [0.717, 1.165) is 22.4 Å². The molecule has 0 spiro atoms. The number of piperazine rings is 1. The smallest absolute Gasteiger partial charge is 0.227 e. The molecule has 26 heavy (non-hydrogen) atoms. The number of benzene rings is 1. The Morgan fingerprint density at radius 2 is 1.46 bits per heavy atom. The van der Waals surface area contributed by atoms with Crippen molar-refractivity contribution in [2.45, 2.75) is 47.5 Å². The number of ether oxygens (including phenoxy) is 1. The van der Waals surface area contributed by atoms with Gasteiger partial charge >= 0.3 is 0 Å². The highest BCUT2D eigenvalue weighted by molar-refractivity contribution is 5.81. The van der Waals surface area contributed by atoms with Crippen LogP contribution in [0.1, 0.15) is 43.9 Å². The summed E-state index contributed by atoms with van der Waals surface area (Å²) < 4.78 is 5.44. The van der Waals surface area contributed by atoms with Gasteiger partial charge in [0.1, 0.15) is 5.75 Å². The first kappa shape index (κ1) is 20.3. The number of nitrogens with zero attached hydrogens (tertiary/aromatic N) is 2. The SMILES string of the molecule is COc1cc(C)c(C)cc1CC(=O)N1CCN(C(=O)CC(C)(C)C)CC1. The number of amides is 2. The molecule has 0 aliphatic carbocycles. The zero-order valence-corrected chi connectivity index (χ0v) is 17.0. The van der Waals surface area contributed by atoms with E-state index in [1.165, 1.54) is 0 Å². The van der Waals surface area contributed by atoms with Gasteiger partial charge in [-0.2, -0.15) is 0 Å². The van der Waals surface area contributed by atoms with E-state index in [1.54, 1.807) is 7.11 Å². The van der Waals surface area contributed by atoms with Crippen LogP contribution in [-0.4, -0.2) is 54.9 Å². The van der Waals surface area contributed by atoms with Crippen LogP contribution in [0.5, 0.6) is 5.75 Å². The molecule has 0 bridgehead atoms. The molecule has 1 aromatic carbocycles. The second kappa shape index (κ2) is 8.11. The molecule has 1 saturated heterocycles. The number of carbonyl (C=O) groups excluding carboxylic acids is 2. The third kappa shape index (κ3) is 5.23. The maximum Gasteiger partial charge on any atom is 0.227 e. The first-order chi connectivity index (χ1) is 12.1. The molecule has 5 heteroatoms. The maximum absolute atomic E-state index is 12.7. The van der Waals surface area contributed by atoms with E-state index in [-0.39, 0.29) is 17.2 Å². The first-order valence-corrected chi connectivity index (χ1v) is 9.30. The second-order valence-corrected chi connectivity index (χ2v) is 8.42. The van der Waals surface area contributed by atoms with Gasteiger partial charge in [-0.1, -0.05) is 26.8 Å². The number of methoxy groups -OCH3 is 1. The first-order valence-electron chi connectivity index (χ1n) is 9.30. The normalized spacial score (nSPS) is 15.2. The van der Waals surface area contributed by atoms with Crippen molar-refractivity contribution < 1.29 is 14.3 Å². The van der Waals surface area contributed by atoms with E-state index in [1.807, 2.05) is 35.8 Å². The van der Waals surface area contributed by atoms with Gasteiger partial charge in [-0.15, -0.1) is 0 Å². The van der Waals surface area contributed by atoms with Crippen molar-refractivity contribution >= 4 is 11.8 Å². The topological polar surface area (TPSA) is 49.9 Å². The van der Waals surface area contributed by atoms with Gasteiger partial charge in [0.05, 0.1) is 13.5 Å². The average molecular weight is 360 g/mol. The molecule has 144 valence electrons. The van der Waals surface area contributed by atoms with Crippen molar-refractivity contribution in [3.8, 4) is 5.75 Å². The Morgan fingerprint density at radius 1 is 0.962 bits per heavy atom. The van der Waals surface area contributed by atoms with Crippen LogP contribution in [0.4, 0.5) is 0 Å². The lowest BCUT2D eigenvalue weighted by Crippen LogP contribution is -2.51. The Bertz CT molecular complexity index is 669. The Kier molecular flexibility index (Phi) is 6.32. The molecule has 5 nitrogen and oxygen atoms in total. The van der Waals surface area contributed by atoms with Crippen molar-refractivity contribution in [1.82, 2.24) is 9.80 Å². The van der Waals surface area contributed by atoms with E-state index < -0.39 is 0 Å². The van der Waals surface area contributed by atoms with Gasteiger partial charge in [0.2, 0.25) is 11.8 Å². The van der Waals surface area contributed by atoms with Crippen LogP contribution in [0.3, 0.4) is 0 Å². The molecule has 1 aliphatic heterocycles. The molecule has 0 aromatic heterocycles. The van der Waals surface area contributed by atoms with Crippen LogP contribution < -0.4 is 4.74 Å². The molecule has 0 saturated carbocycles. The Balaban J connectivity index is 1.95. The summed E-state index contributed by atoms with van der Waals surface area (Å²) in [5, 5.41) is 0.